The number of benzene rings is 4. The Morgan fingerprint density at radius 1 is 0.778 bits per heavy atom. The van der Waals surface area contributed by atoms with Crippen LogP contribution in [0, 0.1) is 23.3 Å². The Labute approximate surface area is 202 Å². The van der Waals surface area contributed by atoms with Crippen molar-refractivity contribution in [1.82, 2.24) is 0 Å². The van der Waals surface area contributed by atoms with Gasteiger partial charge in [-0.2, -0.15) is 13.2 Å². The van der Waals surface area contributed by atoms with Gasteiger partial charge in [-0.05, 0) is 65.3 Å². The molecular formula is C28H19F7O. The minimum atomic E-state index is -4.62. The van der Waals surface area contributed by atoms with Crippen LogP contribution >= 0.6 is 0 Å². The molecule has 0 radical (unpaired) electrons. The van der Waals surface area contributed by atoms with Crippen molar-refractivity contribution >= 4 is 10.8 Å². The molecule has 0 atom stereocenters. The van der Waals surface area contributed by atoms with Gasteiger partial charge in [-0.25, -0.2) is 17.6 Å². The average Bonchev–Trinajstić information content (AvgIpc) is 2.81. The zero-order chi connectivity index (χ0) is 26.0. The van der Waals surface area contributed by atoms with Crippen LogP contribution in [0.2, 0.25) is 0 Å². The van der Waals surface area contributed by atoms with E-state index < -0.39 is 41.8 Å². The van der Waals surface area contributed by atoms with E-state index in [-0.39, 0.29) is 22.1 Å². The van der Waals surface area contributed by atoms with Gasteiger partial charge in [0.2, 0.25) is 0 Å². The average molecular weight is 504 g/mol. The van der Waals surface area contributed by atoms with Gasteiger partial charge in [0.15, 0.2) is 18.2 Å². The van der Waals surface area contributed by atoms with Crippen molar-refractivity contribution in [3.05, 3.63) is 102 Å². The lowest BCUT2D eigenvalue weighted by Gasteiger charge is -2.13. The van der Waals surface area contributed by atoms with E-state index in [2.05, 4.69) is 11.3 Å². The second-order valence-corrected chi connectivity index (χ2v) is 8.17. The Bertz CT molecular complexity index is 1420. The lowest BCUT2D eigenvalue weighted by molar-refractivity contribution is -0.153. The summed E-state index contributed by atoms with van der Waals surface area (Å²) in [5, 5.41) is 0.302. The maximum Gasteiger partial charge on any atom is 0.422 e. The van der Waals surface area contributed by atoms with Crippen LogP contribution in [0.3, 0.4) is 0 Å². The van der Waals surface area contributed by atoms with E-state index in [1.165, 1.54) is 48.5 Å². The van der Waals surface area contributed by atoms with Gasteiger partial charge in [-0.15, -0.1) is 6.58 Å². The van der Waals surface area contributed by atoms with E-state index in [0.29, 0.717) is 29.4 Å². The molecule has 0 bridgehead atoms. The second kappa shape index (κ2) is 10.0. The number of allylic oxidation sites excluding steroid dienone is 1. The van der Waals surface area contributed by atoms with Crippen LogP contribution in [-0.2, 0) is 6.42 Å². The van der Waals surface area contributed by atoms with Crippen LogP contribution in [0.15, 0.2) is 73.3 Å². The molecule has 0 amide bonds. The van der Waals surface area contributed by atoms with Crippen molar-refractivity contribution in [2.45, 2.75) is 19.0 Å². The Kier molecular flexibility index (Phi) is 7.06. The molecule has 0 saturated carbocycles. The fraction of sp³-hybridized carbons (Fsp3) is 0.143. The molecular weight excluding hydrogens is 485 g/mol. The van der Waals surface area contributed by atoms with Crippen LogP contribution < -0.4 is 4.74 Å². The van der Waals surface area contributed by atoms with Crippen LogP contribution in [0.25, 0.3) is 33.0 Å². The molecule has 4 aromatic rings. The third-order valence-electron chi connectivity index (χ3n) is 5.62. The predicted molar refractivity (Wildman–Crippen MR) is 125 cm³/mol. The summed E-state index contributed by atoms with van der Waals surface area (Å²) < 4.78 is 101. The molecule has 0 spiro atoms. The number of hydrogen-bond donors (Lipinski definition) is 0. The molecule has 8 heteroatoms. The first-order valence-electron chi connectivity index (χ1n) is 10.9. The Morgan fingerprint density at radius 3 is 2.11 bits per heavy atom. The highest BCUT2D eigenvalue weighted by Gasteiger charge is 2.29. The molecule has 186 valence electrons. The van der Waals surface area contributed by atoms with Gasteiger partial charge in [-0.1, -0.05) is 36.4 Å². The predicted octanol–water partition coefficient (Wildman–Crippen LogP) is 8.79. The molecule has 0 aliphatic rings. The van der Waals surface area contributed by atoms with Gasteiger partial charge in [0.05, 0.1) is 5.56 Å². The first-order valence-corrected chi connectivity index (χ1v) is 10.9. The molecule has 0 unspecified atom stereocenters. The molecule has 0 fully saturated rings. The quantitative estimate of drug-likeness (QED) is 0.181. The van der Waals surface area contributed by atoms with E-state index in [9.17, 15) is 26.3 Å². The highest BCUT2D eigenvalue weighted by Crippen LogP contribution is 2.35. The van der Waals surface area contributed by atoms with Crippen molar-refractivity contribution in [3.8, 4) is 28.0 Å². The smallest absolute Gasteiger partial charge is 0.422 e. The largest absolute Gasteiger partial charge is 0.481 e. The zero-order valence-corrected chi connectivity index (χ0v) is 18.7. The first-order chi connectivity index (χ1) is 17.1. The minimum absolute atomic E-state index is 0.00358. The fourth-order valence-corrected chi connectivity index (χ4v) is 3.93. The van der Waals surface area contributed by atoms with Crippen molar-refractivity contribution in [2.24, 2.45) is 0 Å². The number of halogens is 7. The summed E-state index contributed by atoms with van der Waals surface area (Å²) in [5.41, 5.74) is 0.563. The summed E-state index contributed by atoms with van der Waals surface area (Å²) in [5.74, 6) is -3.91. The number of hydrogen-bond acceptors (Lipinski definition) is 1. The standard InChI is InChI=1S/C28H19F7O/c1-2-3-4-16-11-23(30)26(24(31)12-16)19-6-8-20(22(29)14-19)17-5-9-21-18(13-17)7-10-25(27(21)32)36-15-28(33,34)35/h2,5-14H,1,3-4,15H2. The molecule has 0 aliphatic carbocycles. The zero-order valence-electron chi connectivity index (χ0n) is 18.7. The lowest BCUT2D eigenvalue weighted by atomic mass is 9.96. The third kappa shape index (κ3) is 5.37. The van der Waals surface area contributed by atoms with Crippen LogP contribution in [0.1, 0.15) is 12.0 Å². The molecule has 4 aromatic carbocycles. The molecule has 0 heterocycles. The third-order valence-corrected chi connectivity index (χ3v) is 5.62. The van der Waals surface area contributed by atoms with E-state index in [4.69, 9.17) is 0 Å². The van der Waals surface area contributed by atoms with Crippen LogP contribution in [-0.4, -0.2) is 12.8 Å². The topological polar surface area (TPSA) is 9.23 Å². The van der Waals surface area contributed by atoms with Gasteiger partial charge in [0.1, 0.15) is 17.5 Å². The molecule has 0 aromatic heterocycles. The number of aryl methyl sites for hydroxylation is 1. The number of rotatable bonds is 7. The van der Waals surface area contributed by atoms with Crippen molar-refractivity contribution in [3.63, 3.8) is 0 Å². The summed E-state index contributed by atoms with van der Waals surface area (Å²) in [6.45, 7) is 1.94. The summed E-state index contributed by atoms with van der Waals surface area (Å²) in [6.07, 6.45) is -2.00. The van der Waals surface area contributed by atoms with Crippen molar-refractivity contribution < 1.29 is 35.5 Å². The minimum Gasteiger partial charge on any atom is -0.481 e. The van der Waals surface area contributed by atoms with Gasteiger partial charge in [-0.3, -0.25) is 0 Å². The molecule has 36 heavy (non-hydrogen) atoms. The molecule has 0 saturated heterocycles. The molecule has 0 N–H and O–H groups in total. The SMILES string of the molecule is C=CCCc1cc(F)c(-c2ccc(-c3ccc4c(F)c(OCC(F)(F)F)ccc4c3)c(F)c2)c(F)c1. The summed E-state index contributed by atoms with van der Waals surface area (Å²) in [7, 11) is 0. The Hall–Kier alpha value is -3.81. The second-order valence-electron chi connectivity index (χ2n) is 8.17. The number of fused-ring (bicyclic) bond motifs is 1. The molecule has 1 nitrogen and oxygen atoms in total. The summed E-state index contributed by atoms with van der Waals surface area (Å²) >= 11 is 0. The lowest BCUT2D eigenvalue weighted by Crippen LogP contribution is -2.19. The van der Waals surface area contributed by atoms with Crippen LogP contribution in [0.4, 0.5) is 30.7 Å². The van der Waals surface area contributed by atoms with Crippen molar-refractivity contribution in [1.29, 1.82) is 0 Å². The van der Waals surface area contributed by atoms with Gasteiger partial charge in [0, 0.05) is 10.9 Å². The number of ether oxygens (including phenoxy) is 1. The molecule has 0 aliphatic heterocycles. The van der Waals surface area contributed by atoms with Gasteiger partial charge < -0.3 is 4.74 Å². The van der Waals surface area contributed by atoms with Crippen molar-refractivity contribution in [2.75, 3.05) is 6.61 Å². The first kappa shape index (κ1) is 25.3. The van der Waals surface area contributed by atoms with E-state index in [1.54, 1.807) is 6.08 Å². The maximum absolute atomic E-state index is 15.0. The molecule has 4 rings (SSSR count). The fourth-order valence-electron chi connectivity index (χ4n) is 3.93. The highest BCUT2D eigenvalue weighted by molar-refractivity contribution is 5.89. The Balaban J connectivity index is 1.65. The van der Waals surface area contributed by atoms with E-state index >= 15 is 4.39 Å². The Morgan fingerprint density at radius 2 is 1.47 bits per heavy atom. The monoisotopic (exact) mass is 504 g/mol. The van der Waals surface area contributed by atoms with E-state index in [1.807, 2.05) is 0 Å². The van der Waals surface area contributed by atoms with Gasteiger partial charge >= 0.3 is 6.18 Å². The highest BCUT2D eigenvalue weighted by atomic mass is 19.4. The normalized spacial score (nSPS) is 11.6. The van der Waals surface area contributed by atoms with Crippen LogP contribution in [0.5, 0.6) is 5.75 Å². The maximum atomic E-state index is 15.0. The summed E-state index contributed by atoms with van der Waals surface area (Å²) in [6, 6.07) is 12.7. The van der Waals surface area contributed by atoms with E-state index in [0.717, 1.165) is 12.1 Å². The number of alkyl halides is 3. The summed E-state index contributed by atoms with van der Waals surface area (Å²) in [4.78, 5) is 0. The van der Waals surface area contributed by atoms with Gasteiger partial charge in [0.25, 0.3) is 0 Å².